The van der Waals surface area contributed by atoms with Gasteiger partial charge in [-0.15, -0.1) is 16.8 Å². The van der Waals surface area contributed by atoms with E-state index in [1.54, 1.807) is 13.2 Å². The number of allylic oxidation sites excluding steroid dienone is 1. The van der Waals surface area contributed by atoms with Crippen LogP contribution in [-0.4, -0.2) is 33.5 Å². The molecule has 3 rings (SSSR count). The molecule has 162 valence electrons. The molecular formula is C24H28N4O2S. The molecule has 0 aliphatic rings. The highest BCUT2D eigenvalue weighted by molar-refractivity contribution is 7.99. The smallest absolute Gasteiger partial charge is 0.230 e. The van der Waals surface area contributed by atoms with E-state index in [-0.39, 0.29) is 17.7 Å². The van der Waals surface area contributed by atoms with E-state index in [1.165, 1.54) is 22.9 Å². The van der Waals surface area contributed by atoms with Gasteiger partial charge < -0.3 is 10.1 Å². The summed E-state index contributed by atoms with van der Waals surface area (Å²) in [6.07, 6.45) is 1.79. The van der Waals surface area contributed by atoms with Crippen LogP contribution >= 0.6 is 11.8 Å². The number of hydrogen-bond acceptors (Lipinski definition) is 5. The summed E-state index contributed by atoms with van der Waals surface area (Å²) in [6, 6.07) is 13.9. The molecule has 1 amide bonds. The molecule has 0 spiro atoms. The summed E-state index contributed by atoms with van der Waals surface area (Å²) in [5, 5.41) is 12.4. The predicted molar refractivity (Wildman–Crippen MR) is 125 cm³/mol. The van der Waals surface area contributed by atoms with Crippen LogP contribution in [-0.2, 0) is 11.3 Å². The van der Waals surface area contributed by atoms with Crippen LogP contribution in [0, 0.1) is 13.8 Å². The van der Waals surface area contributed by atoms with Crippen molar-refractivity contribution in [2.75, 3.05) is 12.9 Å². The lowest BCUT2D eigenvalue weighted by atomic mass is 10.0. The summed E-state index contributed by atoms with van der Waals surface area (Å²) in [4.78, 5) is 12.5. The molecule has 0 saturated heterocycles. The number of aromatic nitrogens is 3. The standard InChI is InChI=1S/C24H28N4O2S/c1-6-13-28-23(19-9-11-21(30-5)12-10-19)26-27-24(28)31-15-22(29)25-18(4)20-8-7-16(2)17(3)14-20/h6-12,14,18H,1,13,15H2,2-5H3,(H,25,29). The first kappa shape index (κ1) is 22.6. The number of rotatable bonds is 9. The third-order valence-electron chi connectivity index (χ3n) is 5.12. The van der Waals surface area contributed by atoms with Gasteiger partial charge >= 0.3 is 0 Å². The Morgan fingerprint density at radius 3 is 2.58 bits per heavy atom. The Balaban J connectivity index is 1.67. The Bertz CT molecular complexity index is 1060. The van der Waals surface area contributed by atoms with Gasteiger partial charge in [0.1, 0.15) is 5.75 Å². The van der Waals surface area contributed by atoms with E-state index in [0.717, 1.165) is 22.7 Å². The van der Waals surface area contributed by atoms with Crippen molar-refractivity contribution >= 4 is 17.7 Å². The van der Waals surface area contributed by atoms with Crippen LogP contribution in [0.5, 0.6) is 5.75 Å². The van der Waals surface area contributed by atoms with Gasteiger partial charge in [0.25, 0.3) is 0 Å². The fourth-order valence-corrected chi connectivity index (χ4v) is 3.93. The molecule has 1 heterocycles. The minimum absolute atomic E-state index is 0.0464. The summed E-state index contributed by atoms with van der Waals surface area (Å²) in [5.41, 5.74) is 4.48. The summed E-state index contributed by atoms with van der Waals surface area (Å²) < 4.78 is 7.18. The van der Waals surface area contributed by atoms with Crippen molar-refractivity contribution in [3.8, 4) is 17.1 Å². The fourth-order valence-electron chi connectivity index (χ4n) is 3.17. The number of nitrogens with one attached hydrogen (secondary N) is 1. The minimum atomic E-state index is -0.0618. The predicted octanol–water partition coefficient (Wildman–Crippen LogP) is 4.73. The summed E-state index contributed by atoms with van der Waals surface area (Å²) in [7, 11) is 1.63. The van der Waals surface area contributed by atoms with Crippen LogP contribution < -0.4 is 10.1 Å². The molecule has 0 bridgehead atoms. The maximum absolute atomic E-state index is 12.5. The van der Waals surface area contributed by atoms with Gasteiger partial charge in [-0.3, -0.25) is 9.36 Å². The zero-order valence-electron chi connectivity index (χ0n) is 18.4. The average Bonchev–Trinajstić information content (AvgIpc) is 3.17. The van der Waals surface area contributed by atoms with Crippen molar-refractivity contribution in [3.63, 3.8) is 0 Å². The van der Waals surface area contributed by atoms with Crippen molar-refractivity contribution in [2.45, 2.75) is 38.5 Å². The van der Waals surface area contributed by atoms with Gasteiger partial charge in [-0.25, -0.2) is 0 Å². The van der Waals surface area contributed by atoms with E-state index in [2.05, 4.69) is 54.1 Å². The van der Waals surface area contributed by atoms with Crippen molar-refractivity contribution in [1.29, 1.82) is 0 Å². The highest BCUT2D eigenvalue weighted by Gasteiger charge is 2.16. The minimum Gasteiger partial charge on any atom is -0.497 e. The second-order valence-corrected chi connectivity index (χ2v) is 8.30. The number of nitrogens with zero attached hydrogens (tertiary/aromatic N) is 3. The number of carbonyl (C=O) groups excluding carboxylic acids is 1. The number of aryl methyl sites for hydroxylation is 2. The molecule has 1 unspecified atom stereocenters. The number of ether oxygens (including phenoxy) is 1. The fraction of sp³-hybridized carbons (Fsp3) is 0.292. The normalized spacial score (nSPS) is 11.7. The van der Waals surface area contributed by atoms with Crippen molar-refractivity contribution < 1.29 is 9.53 Å². The molecule has 31 heavy (non-hydrogen) atoms. The van der Waals surface area contributed by atoms with Crippen molar-refractivity contribution in [1.82, 2.24) is 20.1 Å². The molecule has 3 aromatic rings. The molecule has 0 aliphatic carbocycles. The lowest BCUT2D eigenvalue weighted by Gasteiger charge is -2.15. The third-order valence-corrected chi connectivity index (χ3v) is 6.08. The molecule has 1 aromatic heterocycles. The molecular weight excluding hydrogens is 408 g/mol. The summed E-state index contributed by atoms with van der Waals surface area (Å²) in [6.45, 7) is 10.5. The van der Waals surface area contributed by atoms with Crippen LogP contribution in [0.15, 0.2) is 60.3 Å². The van der Waals surface area contributed by atoms with Gasteiger partial charge in [0, 0.05) is 12.1 Å². The van der Waals surface area contributed by atoms with E-state index >= 15 is 0 Å². The lowest BCUT2D eigenvalue weighted by molar-refractivity contribution is -0.119. The average molecular weight is 437 g/mol. The van der Waals surface area contributed by atoms with Crippen LogP contribution in [0.4, 0.5) is 0 Å². The molecule has 1 N–H and O–H groups in total. The monoisotopic (exact) mass is 436 g/mol. The van der Waals surface area contributed by atoms with Crippen molar-refractivity contribution in [2.24, 2.45) is 0 Å². The van der Waals surface area contributed by atoms with Gasteiger partial charge in [0.2, 0.25) is 5.91 Å². The first-order valence-corrected chi connectivity index (χ1v) is 11.1. The first-order chi connectivity index (χ1) is 14.9. The van der Waals surface area contributed by atoms with Crippen molar-refractivity contribution in [3.05, 3.63) is 71.8 Å². The quantitative estimate of drug-likeness (QED) is 0.388. The topological polar surface area (TPSA) is 69.0 Å². The van der Waals surface area contributed by atoms with Gasteiger partial charge in [-0.2, -0.15) is 0 Å². The number of thioether (sulfide) groups is 1. The molecule has 6 nitrogen and oxygen atoms in total. The largest absolute Gasteiger partial charge is 0.497 e. The SMILES string of the molecule is C=CCn1c(SCC(=O)NC(C)c2ccc(C)c(C)c2)nnc1-c1ccc(OC)cc1. The Hall–Kier alpha value is -3.06. The molecule has 0 saturated carbocycles. The third kappa shape index (κ3) is 5.55. The Morgan fingerprint density at radius 2 is 1.94 bits per heavy atom. The molecule has 0 fully saturated rings. The number of hydrogen-bond donors (Lipinski definition) is 1. The first-order valence-electron chi connectivity index (χ1n) is 10.1. The maximum Gasteiger partial charge on any atom is 0.230 e. The molecule has 0 radical (unpaired) electrons. The zero-order chi connectivity index (χ0) is 22.4. The van der Waals surface area contributed by atoms with Crippen LogP contribution in [0.2, 0.25) is 0 Å². The highest BCUT2D eigenvalue weighted by Crippen LogP contribution is 2.26. The zero-order valence-corrected chi connectivity index (χ0v) is 19.2. The van der Waals surface area contributed by atoms with Crippen LogP contribution in [0.25, 0.3) is 11.4 Å². The number of methoxy groups -OCH3 is 1. The van der Waals surface area contributed by atoms with Gasteiger partial charge in [-0.1, -0.05) is 36.0 Å². The van der Waals surface area contributed by atoms with E-state index in [9.17, 15) is 4.79 Å². The molecule has 2 aromatic carbocycles. The van der Waals surface area contributed by atoms with Gasteiger partial charge in [-0.05, 0) is 61.7 Å². The van der Waals surface area contributed by atoms with Gasteiger partial charge in [0.05, 0.1) is 18.9 Å². The maximum atomic E-state index is 12.5. The highest BCUT2D eigenvalue weighted by atomic mass is 32.2. The summed E-state index contributed by atoms with van der Waals surface area (Å²) >= 11 is 1.37. The van der Waals surface area contributed by atoms with E-state index in [4.69, 9.17) is 4.74 Å². The molecule has 1 atom stereocenters. The van der Waals surface area contributed by atoms with E-state index in [1.807, 2.05) is 35.8 Å². The number of amides is 1. The number of benzene rings is 2. The molecule has 0 aliphatic heterocycles. The lowest BCUT2D eigenvalue weighted by Crippen LogP contribution is -2.28. The Labute approximate surface area is 187 Å². The number of carbonyl (C=O) groups is 1. The Kier molecular flexibility index (Phi) is 7.52. The van der Waals surface area contributed by atoms with E-state index in [0.29, 0.717) is 11.7 Å². The Morgan fingerprint density at radius 1 is 1.19 bits per heavy atom. The summed E-state index contributed by atoms with van der Waals surface area (Å²) in [5.74, 6) is 1.72. The van der Waals surface area contributed by atoms with Crippen LogP contribution in [0.1, 0.15) is 29.7 Å². The second-order valence-electron chi connectivity index (χ2n) is 7.36. The van der Waals surface area contributed by atoms with E-state index < -0.39 is 0 Å². The second kappa shape index (κ2) is 10.3. The van der Waals surface area contributed by atoms with Crippen LogP contribution in [0.3, 0.4) is 0 Å². The molecule has 7 heteroatoms. The van der Waals surface area contributed by atoms with Gasteiger partial charge in [0.15, 0.2) is 11.0 Å².